The molecule has 3 heteroatoms. The summed E-state index contributed by atoms with van der Waals surface area (Å²) in [5.41, 5.74) is 2.96. The van der Waals surface area contributed by atoms with Crippen LogP contribution in [0.4, 0.5) is 0 Å². The fourth-order valence-electron chi connectivity index (χ4n) is 2.02. The molecule has 1 aromatic carbocycles. The highest BCUT2D eigenvalue weighted by Crippen LogP contribution is 2.26. The third kappa shape index (κ3) is 2.00. The second-order valence-corrected chi connectivity index (χ2v) is 4.53. The fraction of sp³-hybridized carbons (Fsp3) is 0.286. The molecule has 2 rings (SSSR count). The summed E-state index contributed by atoms with van der Waals surface area (Å²) in [6.45, 7) is 6.08. The van der Waals surface area contributed by atoms with Crippen LogP contribution in [0, 0.1) is 6.92 Å². The molecule has 0 aliphatic carbocycles. The minimum absolute atomic E-state index is 0.114. The van der Waals surface area contributed by atoms with Crippen molar-refractivity contribution in [3.05, 3.63) is 41.1 Å². The van der Waals surface area contributed by atoms with Gasteiger partial charge in [0.1, 0.15) is 5.69 Å². The smallest absolute Gasteiger partial charge is 0.354 e. The van der Waals surface area contributed by atoms with E-state index >= 15 is 0 Å². The summed E-state index contributed by atoms with van der Waals surface area (Å²) in [7, 11) is 0. The molecule has 0 unspecified atom stereocenters. The maximum Gasteiger partial charge on any atom is 0.354 e. The van der Waals surface area contributed by atoms with Gasteiger partial charge in [-0.15, -0.1) is 0 Å². The monoisotopic (exact) mass is 229 g/mol. The van der Waals surface area contributed by atoms with Gasteiger partial charge in [-0.3, -0.25) is 0 Å². The van der Waals surface area contributed by atoms with Gasteiger partial charge < -0.3 is 5.11 Å². The number of nitrogens with zero attached hydrogens (tertiary/aromatic N) is 1. The summed E-state index contributed by atoms with van der Waals surface area (Å²) < 4.78 is 0. The van der Waals surface area contributed by atoms with Crippen molar-refractivity contribution in [1.29, 1.82) is 0 Å². The Kier molecular flexibility index (Phi) is 2.84. The minimum Gasteiger partial charge on any atom is -0.477 e. The number of benzene rings is 1. The van der Waals surface area contributed by atoms with Crippen molar-refractivity contribution in [1.82, 2.24) is 4.98 Å². The highest BCUT2D eigenvalue weighted by Gasteiger charge is 2.12. The molecule has 0 radical (unpaired) electrons. The molecule has 17 heavy (non-hydrogen) atoms. The average molecular weight is 229 g/mol. The Balaban J connectivity index is 2.83. The van der Waals surface area contributed by atoms with Crippen molar-refractivity contribution in [2.75, 3.05) is 0 Å². The van der Waals surface area contributed by atoms with E-state index in [0.717, 1.165) is 22.0 Å². The number of fused-ring (bicyclic) bond motifs is 1. The molecular weight excluding hydrogens is 214 g/mol. The summed E-state index contributed by atoms with van der Waals surface area (Å²) in [5, 5.41) is 10.1. The number of aromatic carboxylic acids is 1. The average Bonchev–Trinajstić information content (AvgIpc) is 2.27. The van der Waals surface area contributed by atoms with Crippen molar-refractivity contribution in [3.63, 3.8) is 0 Å². The summed E-state index contributed by atoms with van der Waals surface area (Å²) in [6.07, 6.45) is 0. The number of hydrogen-bond acceptors (Lipinski definition) is 2. The number of rotatable bonds is 2. The minimum atomic E-state index is -0.978. The Labute approximate surface area is 100 Å². The van der Waals surface area contributed by atoms with Crippen LogP contribution in [0.3, 0.4) is 0 Å². The van der Waals surface area contributed by atoms with Crippen LogP contribution in [0.2, 0.25) is 0 Å². The second-order valence-electron chi connectivity index (χ2n) is 4.53. The molecule has 88 valence electrons. The quantitative estimate of drug-likeness (QED) is 0.859. The predicted molar refractivity (Wildman–Crippen MR) is 67.5 cm³/mol. The lowest BCUT2D eigenvalue weighted by Gasteiger charge is -2.11. The van der Waals surface area contributed by atoms with E-state index in [1.54, 1.807) is 6.07 Å². The fourth-order valence-corrected chi connectivity index (χ4v) is 2.02. The molecule has 2 aromatic rings. The van der Waals surface area contributed by atoms with Crippen LogP contribution in [0.25, 0.3) is 10.9 Å². The van der Waals surface area contributed by atoms with Crippen LogP contribution in [0.5, 0.6) is 0 Å². The lowest BCUT2D eigenvalue weighted by molar-refractivity contribution is 0.0691. The lowest BCUT2D eigenvalue weighted by Crippen LogP contribution is -2.03. The van der Waals surface area contributed by atoms with Gasteiger partial charge in [-0.05, 0) is 30.0 Å². The van der Waals surface area contributed by atoms with Gasteiger partial charge >= 0.3 is 5.97 Å². The molecule has 0 saturated heterocycles. The van der Waals surface area contributed by atoms with Gasteiger partial charge in [-0.1, -0.05) is 32.0 Å². The number of hydrogen-bond donors (Lipinski definition) is 1. The van der Waals surface area contributed by atoms with Gasteiger partial charge in [0.2, 0.25) is 0 Å². The maximum atomic E-state index is 11.0. The van der Waals surface area contributed by atoms with Gasteiger partial charge in [-0.25, -0.2) is 9.78 Å². The Hall–Kier alpha value is -1.90. The summed E-state index contributed by atoms with van der Waals surface area (Å²) >= 11 is 0. The first-order valence-corrected chi connectivity index (χ1v) is 5.64. The zero-order valence-corrected chi connectivity index (χ0v) is 10.2. The zero-order chi connectivity index (χ0) is 12.6. The van der Waals surface area contributed by atoms with Crippen molar-refractivity contribution < 1.29 is 9.90 Å². The summed E-state index contributed by atoms with van der Waals surface area (Å²) in [6, 6.07) is 7.60. The zero-order valence-electron chi connectivity index (χ0n) is 10.2. The Morgan fingerprint density at radius 3 is 2.65 bits per heavy atom. The third-order valence-electron chi connectivity index (χ3n) is 2.92. The van der Waals surface area contributed by atoms with Crippen molar-refractivity contribution in [2.24, 2.45) is 0 Å². The molecule has 0 aliphatic heterocycles. The first kappa shape index (κ1) is 11.6. The Bertz CT molecular complexity index is 588. The van der Waals surface area contributed by atoms with E-state index in [0.29, 0.717) is 5.92 Å². The van der Waals surface area contributed by atoms with Crippen molar-refractivity contribution >= 4 is 16.9 Å². The molecule has 0 saturated carbocycles. The lowest BCUT2D eigenvalue weighted by atomic mass is 9.97. The van der Waals surface area contributed by atoms with E-state index in [9.17, 15) is 4.79 Å². The molecule has 1 aromatic heterocycles. The SMILES string of the molecule is Cc1cc(C(=O)O)nc2c(C(C)C)cccc12. The molecule has 0 fully saturated rings. The summed E-state index contributed by atoms with van der Waals surface area (Å²) in [4.78, 5) is 15.3. The number of carboxylic acids is 1. The molecule has 3 nitrogen and oxygen atoms in total. The maximum absolute atomic E-state index is 11.0. The number of aromatic nitrogens is 1. The molecule has 0 atom stereocenters. The van der Waals surface area contributed by atoms with Crippen LogP contribution in [-0.2, 0) is 0 Å². The molecule has 0 amide bonds. The van der Waals surface area contributed by atoms with E-state index in [1.165, 1.54) is 0 Å². The van der Waals surface area contributed by atoms with Gasteiger partial charge in [0.05, 0.1) is 5.52 Å². The van der Waals surface area contributed by atoms with Crippen molar-refractivity contribution in [2.45, 2.75) is 26.7 Å². The highest BCUT2D eigenvalue weighted by molar-refractivity contribution is 5.92. The molecule has 1 N–H and O–H groups in total. The standard InChI is InChI=1S/C14H15NO2/c1-8(2)10-5-4-6-11-9(3)7-12(14(16)17)15-13(10)11/h4-8H,1-3H3,(H,16,17). The number of aryl methyl sites for hydroxylation is 1. The largest absolute Gasteiger partial charge is 0.477 e. The molecular formula is C14H15NO2. The van der Waals surface area contributed by atoms with E-state index in [4.69, 9.17) is 5.11 Å². The number of para-hydroxylation sites is 1. The molecule has 0 bridgehead atoms. The molecule has 0 spiro atoms. The van der Waals surface area contributed by atoms with E-state index in [1.807, 2.05) is 25.1 Å². The first-order chi connectivity index (χ1) is 8.00. The molecule has 0 aliphatic rings. The van der Waals surface area contributed by atoms with Gasteiger partial charge in [-0.2, -0.15) is 0 Å². The topological polar surface area (TPSA) is 50.2 Å². The van der Waals surface area contributed by atoms with Gasteiger partial charge in [0.25, 0.3) is 0 Å². The van der Waals surface area contributed by atoms with E-state index in [2.05, 4.69) is 18.8 Å². The Morgan fingerprint density at radius 1 is 1.35 bits per heavy atom. The number of carbonyl (C=O) groups is 1. The van der Waals surface area contributed by atoms with Crippen LogP contribution in [0.1, 0.15) is 41.4 Å². The third-order valence-corrected chi connectivity index (χ3v) is 2.92. The molecule has 1 heterocycles. The van der Waals surface area contributed by atoms with Gasteiger partial charge in [0.15, 0.2) is 0 Å². The van der Waals surface area contributed by atoms with Crippen LogP contribution in [-0.4, -0.2) is 16.1 Å². The number of pyridine rings is 1. The van der Waals surface area contributed by atoms with E-state index in [-0.39, 0.29) is 5.69 Å². The van der Waals surface area contributed by atoms with Crippen LogP contribution in [0.15, 0.2) is 24.3 Å². The normalized spacial score (nSPS) is 11.1. The van der Waals surface area contributed by atoms with Crippen molar-refractivity contribution in [3.8, 4) is 0 Å². The summed E-state index contributed by atoms with van der Waals surface area (Å²) in [5.74, 6) is -0.650. The number of carboxylic acid groups (broad SMARTS) is 1. The van der Waals surface area contributed by atoms with Gasteiger partial charge in [0, 0.05) is 5.39 Å². The van der Waals surface area contributed by atoms with Crippen LogP contribution >= 0.6 is 0 Å². The van der Waals surface area contributed by atoms with E-state index < -0.39 is 5.97 Å². The van der Waals surface area contributed by atoms with Crippen LogP contribution < -0.4 is 0 Å². The predicted octanol–water partition coefficient (Wildman–Crippen LogP) is 3.36. The highest BCUT2D eigenvalue weighted by atomic mass is 16.4. The second kappa shape index (κ2) is 4.17. The first-order valence-electron chi connectivity index (χ1n) is 5.64. The Morgan fingerprint density at radius 2 is 2.06 bits per heavy atom.